The second-order valence-corrected chi connectivity index (χ2v) is 5.98. The zero-order valence-corrected chi connectivity index (χ0v) is 13.2. The Balaban J connectivity index is 2.25. The summed E-state index contributed by atoms with van der Waals surface area (Å²) < 4.78 is 0. The predicted octanol–water partition coefficient (Wildman–Crippen LogP) is -0.462. The standard InChI is InChI=1S/C17H22O7/c1-8-2-9(3-10-5-12(19)13(20)6-11(8)10)4-14(21)16(23)17(24)15(22)7-18/h2-3,5-6,14-24H,4,7H2,1H3. The van der Waals surface area contributed by atoms with E-state index >= 15 is 0 Å². The summed E-state index contributed by atoms with van der Waals surface area (Å²) in [5, 5.41) is 68.2. The zero-order chi connectivity index (χ0) is 18.0. The molecule has 132 valence electrons. The molecule has 2 aromatic rings. The average molecular weight is 338 g/mol. The predicted molar refractivity (Wildman–Crippen MR) is 86.8 cm³/mol. The van der Waals surface area contributed by atoms with Gasteiger partial charge in [-0.05, 0) is 41.0 Å². The van der Waals surface area contributed by atoms with Gasteiger partial charge in [-0.2, -0.15) is 0 Å². The first-order valence-electron chi connectivity index (χ1n) is 7.53. The Labute approximate surface area is 138 Å². The lowest BCUT2D eigenvalue weighted by molar-refractivity contribution is -0.114. The van der Waals surface area contributed by atoms with Crippen LogP contribution < -0.4 is 0 Å². The van der Waals surface area contributed by atoms with Gasteiger partial charge in [-0.1, -0.05) is 12.1 Å². The zero-order valence-electron chi connectivity index (χ0n) is 13.2. The lowest BCUT2D eigenvalue weighted by Gasteiger charge is -2.25. The largest absolute Gasteiger partial charge is 0.504 e. The molecule has 0 fully saturated rings. The minimum Gasteiger partial charge on any atom is -0.504 e. The highest BCUT2D eigenvalue weighted by Gasteiger charge is 2.30. The second kappa shape index (κ2) is 7.33. The van der Waals surface area contributed by atoms with Gasteiger partial charge in [0, 0.05) is 6.42 Å². The molecule has 0 saturated heterocycles. The molecule has 0 aromatic heterocycles. The number of fused-ring (bicyclic) bond motifs is 1. The van der Waals surface area contributed by atoms with Crippen LogP contribution in [-0.4, -0.2) is 66.8 Å². The van der Waals surface area contributed by atoms with Crippen LogP contribution >= 0.6 is 0 Å². The van der Waals surface area contributed by atoms with Crippen LogP contribution in [0.5, 0.6) is 11.5 Å². The maximum Gasteiger partial charge on any atom is 0.158 e. The molecule has 4 unspecified atom stereocenters. The van der Waals surface area contributed by atoms with E-state index in [-0.39, 0.29) is 17.9 Å². The molecule has 0 aliphatic rings. The highest BCUT2D eigenvalue weighted by Crippen LogP contribution is 2.32. The van der Waals surface area contributed by atoms with Crippen molar-refractivity contribution in [2.24, 2.45) is 0 Å². The number of aromatic hydroxyl groups is 2. The van der Waals surface area contributed by atoms with Crippen molar-refractivity contribution >= 4 is 10.8 Å². The van der Waals surface area contributed by atoms with E-state index in [2.05, 4.69) is 0 Å². The van der Waals surface area contributed by atoms with Crippen LogP contribution in [0.25, 0.3) is 10.8 Å². The third-order valence-electron chi connectivity index (χ3n) is 4.08. The Morgan fingerprint density at radius 3 is 2.04 bits per heavy atom. The van der Waals surface area contributed by atoms with Crippen molar-refractivity contribution in [1.82, 2.24) is 0 Å². The quantitative estimate of drug-likeness (QED) is 0.353. The summed E-state index contributed by atoms with van der Waals surface area (Å²) in [4.78, 5) is 0. The molecule has 0 heterocycles. The van der Waals surface area contributed by atoms with Gasteiger partial charge in [0.25, 0.3) is 0 Å². The molecule has 7 nitrogen and oxygen atoms in total. The van der Waals surface area contributed by atoms with E-state index in [1.54, 1.807) is 19.1 Å². The molecule has 0 saturated carbocycles. The monoisotopic (exact) mass is 338 g/mol. The van der Waals surface area contributed by atoms with Gasteiger partial charge in [0.1, 0.15) is 18.3 Å². The van der Waals surface area contributed by atoms with Crippen molar-refractivity contribution in [2.75, 3.05) is 6.61 Å². The third-order valence-corrected chi connectivity index (χ3v) is 4.08. The van der Waals surface area contributed by atoms with Crippen LogP contribution in [-0.2, 0) is 6.42 Å². The van der Waals surface area contributed by atoms with Crippen molar-refractivity contribution in [2.45, 2.75) is 37.8 Å². The third kappa shape index (κ3) is 3.77. The van der Waals surface area contributed by atoms with Crippen LogP contribution in [0.4, 0.5) is 0 Å². The number of aliphatic hydroxyl groups is 5. The number of phenols is 2. The molecule has 0 amide bonds. The molecular weight excluding hydrogens is 316 g/mol. The van der Waals surface area contributed by atoms with Crippen molar-refractivity contribution < 1.29 is 35.7 Å². The van der Waals surface area contributed by atoms with Crippen molar-refractivity contribution in [3.63, 3.8) is 0 Å². The molecule has 0 radical (unpaired) electrons. The van der Waals surface area contributed by atoms with Crippen LogP contribution in [0.1, 0.15) is 11.1 Å². The molecule has 7 heteroatoms. The minimum atomic E-state index is -1.67. The van der Waals surface area contributed by atoms with Crippen molar-refractivity contribution in [3.05, 3.63) is 35.4 Å². The van der Waals surface area contributed by atoms with Gasteiger partial charge < -0.3 is 35.7 Å². The van der Waals surface area contributed by atoms with Crippen LogP contribution in [0.3, 0.4) is 0 Å². The fraction of sp³-hybridized carbons (Fsp3) is 0.412. The highest BCUT2D eigenvalue weighted by atomic mass is 16.4. The first-order valence-corrected chi connectivity index (χ1v) is 7.53. The molecule has 0 aliphatic heterocycles. The van der Waals surface area contributed by atoms with Gasteiger partial charge in [-0.25, -0.2) is 0 Å². The van der Waals surface area contributed by atoms with E-state index in [0.29, 0.717) is 10.9 Å². The van der Waals surface area contributed by atoms with Crippen LogP contribution in [0, 0.1) is 6.92 Å². The van der Waals surface area contributed by atoms with Gasteiger partial charge in [0.05, 0.1) is 12.7 Å². The maximum atomic E-state index is 10.1. The minimum absolute atomic E-state index is 0.00517. The normalized spacial score (nSPS) is 16.8. The summed E-state index contributed by atoms with van der Waals surface area (Å²) in [6.07, 6.45) is -6.21. The summed E-state index contributed by atoms with van der Waals surface area (Å²) in [7, 11) is 0. The lowest BCUT2D eigenvalue weighted by Crippen LogP contribution is -2.46. The number of hydrogen-bond donors (Lipinski definition) is 7. The summed E-state index contributed by atoms with van der Waals surface area (Å²) in [6, 6.07) is 6.28. The Morgan fingerprint density at radius 1 is 0.833 bits per heavy atom. The smallest absolute Gasteiger partial charge is 0.158 e. The average Bonchev–Trinajstić information content (AvgIpc) is 2.54. The van der Waals surface area contributed by atoms with Crippen molar-refractivity contribution in [3.8, 4) is 11.5 Å². The number of aliphatic hydroxyl groups excluding tert-OH is 5. The Hall–Kier alpha value is -1.90. The Morgan fingerprint density at radius 2 is 1.42 bits per heavy atom. The van der Waals surface area contributed by atoms with Crippen molar-refractivity contribution in [1.29, 1.82) is 0 Å². The maximum absolute atomic E-state index is 10.1. The van der Waals surface area contributed by atoms with Gasteiger partial charge >= 0.3 is 0 Å². The number of hydrogen-bond acceptors (Lipinski definition) is 7. The van der Waals surface area contributed by atoms with E-state index in [1.165, 1.54) is 12.1 Å². The first-order chi connectivity index (χ1) is 11.2. The van der Waals surface area contributed by atoms with E-state index in [4.69, 9.17) is 5.11 Å². The molecule has 4 atom stereocenters. The highest BCUT2D eigenvalue weighted by molar-refractivity contribution is 5.89. The molecule has 24 heavy (non-hydrogen) atoms. The fourth-order valence-corrected chi connectivity index (χ4v) is 2.69. The number of benzene rings is 2. The summed E-state index contributed by atoms with van der Waals surface area (Å²) in [5.41, 5.74) is 1.44. The summed E-state index contributed by atoms with van der Waals surface area (Å²) in [6.45, 7) is 1.07. The second-order valence-electron chi connectivity index (χ2n) is 5.98. The molecule has 0 aliphatic carbocycles. The lowest BCUT2D eigenvalue weighted by atomic mass is 9.94. The molecule has 0 spiro atoms. The van der Waals surface area contributed by atoms with Gasteiger partial charge in [0.15, 0.2) is 11.5 Å². The first kappa shape index (κ1) is 18.4. The number of phenolic OH excluding ortho intramolecular Hbond substituents is 2. The molecule has 2 rings (SSSR count). The Bertz CT molecular complexity index is 716. The van der Waals surface area contributed by atoms with E-state index in [1.807, 2.05) is 0 Å². The van der Waals surface area contributed by atoms with Crippen LogP contribution in [0.2, 0.25) is 0 Å². The fourth-order valence-electron chi connectivity index (χ4n) is 2.69. The van der Waals surface area contributed by atoms with Gasteiger partial charge in [-0.3, -0.25) is 0 Å². The van der Waals surface area contributed by atoms with Gasteiger partial charge in [0.2, 0.25) is 0 Å². The molecule has 2 aromatic carbocycles. The topological polar surface area (TPSA) is 142 Å². The van der Waals surface area contributed by atoms with E-state index in [0.717, 1.165) is 10.9 Å². The number of aryl methyl sites for hydroxylation is 1. The molecule has 7 N–H and O–H groups in total. The SMILES string of the molecule is Cc1cc(CC(O)C(O)C(O)C(O)CO)cc2cc(O)c(O)cc12. The summed E-state index contributed by atoms with van der Waals surface area (Å²) in [5.74, 6) is -0.490. The molecular formula is C17H22O7. The van der Waals surface area contributed by atoms with E-state index < -0.39 is 31.0 Å². The summed E-state index contributed by atoms with van der Waals surface area (Å²) >= 11 is 0. The van der Waals surface area contributed by atoms with Crippen LogP contribution in [0.15, 0.2) is 24.3 Å². The Kier molecular flexibility index (Phi) is 5.63. The molecule has 0 bridgehead atoms. The van der Waals surface area contributed by atoms with E-state index in [9.17, 15) is 30.6 Å². The van der Waals surface area contributed by atoms with Gasteiger partial charge in [-0.15, -0.1) is 0 Å². The number of rotatable bonds is 6.